The van der Waals surface area contributed by atoms with E-state index in [9.17, 15) is 16.8 Å². The molecular formula is C7H10O6S2. The molecule has 0 aromatic rings. The molecule has 1 aliphatic heterocycles. The maximum atomic E-state index is 11.0. The highest BCUT2D eigenvalue weighted by Gasteiger charge is 2.32. The van der Waals surface area contributed by atoms with Crippen LogP contribution in [0.2, 0.25) is 0 Å². The van der Waals surface area contributed by atoms with Crippen LogP contribution in [0.3, 0.4) is 0 Å². The third-order valence-electron chi connectivity index (χ3n) is 1.73. The van der Waals surface area contributed by atoms with Gasteiger partial charge in [-0.1, -0.05) is 5.92 Å². The summed E-state index contributed by atoms with van der Waals surface area (Å²) in [6.45, 7) is -0.429. The highest BCUT2D eigenvalue weighted by Crippen LogP contribution is 2.17. The second kappa shape index (κ2) is 4.49. The Morgan fingerprint density at radius 3 is 2.60 bits per heavy atom. The number of rotatable bonds is 4. The fourth-order valence-electron chi connectivity index (χ4n) is 1.14. The number of terminal acetylenes is 1. The molecule has 1 aliphatic rings. The van der Waals surface area contributed by atoms with Crippen LogP contribution in [0.5, 0.6) is 0 Å². The molecule has 0 bridgehead atoms. The van der Waals surface area contributed by atoms with E-state index in [0.717, 1.165) is 0 Å². The lowest BCUT2D eigenvalue weighted by Gasteiger charge is -2.08. The van der Waals surface area contributed by atoms with Gasteiger partial charge in [-0.15, -0.1) is 6.42 Å². The first-order chi connectivity index (χ1) is 6.85. The topological polar surface area (TPSA) is 86.7 Å². The van der Waals surface area contributed by atoms with E-state index in [2.05, 4.69) is 8.37 Å². The van der Waals surface area contributed by atoms with E-state index in [0.29, 0.717) is 0 Å². The van der Waals surface area contributed by atoms with Crippen LogP contribution in [0, 0.1) is 12.3 Å². The van der Waals surface area contributed by atoms with E-state index in [1.54, 1.807) is 0 Å². The molecule has 0 aromatic heterocycles. The van der Waals surface area contributed by atoms with Crippen LogP contribution in [0.1, 0.15) is 6.42 Å². The van der Waals surface area contributed by atoms with E-state index < -0.39 is 32.9 Å². The zero-order valence-corrected chi connectivity index (χ0v) is 9.38. The molecule has 6 nitrogen and oxygen atoms in total. The zero-order chi connectivity index (χ0) is 11.5. The van der Waals surface area contributed by atoms with Crippen molar-refractivity contribution in [2.75, 3.05) is 18.1 Å². The Balaban J connectivity index is 2.54. The van der Waals surface area contributed by atoms with Crippen LogP contribution in [-0.2, 0) is 28.6 Å². The van der Waals surface area contributed by atoms with Gasteiger partial charge in [0.1, 0.15) is 6.61 Å². The molecule has 0 aliphatic carbocycles. The first-order valence-corrected chi connectivity index (χ1v) is 7.22. The van der Waals surface area contributed by atoms with Gasteiger partial charge in [0.2, 0.25) is 0 Å². The molecule has 0 aromatic carbocycles. The lowest BCUT2D eigenvalue weighted by molar-refractivity contribution is 0.181. The fraction of sp³-hybridized carbons (Fsp3) is 0.714. The van der Waals surface area contributed by atoms with Gasteiger partial charge in [-0.3, -0.25) is 0 Å². The van der Waals surface area contributed by atoms with E-state index >= 15 is 0 Å². The molecule has 1 fully saturated rings. The van der Waals surface area contributed by atoms with Gasteiger partial charge < -0.3 is 0 Å². The molecule has 86 valence electrons. The summed E-state index contributed by atoms with van der Waals surface area (Å²) in [5.74, 6) is 1.60. The molecule has 15 heavy (non-hydrogen) atoms. The van der Waals surface area contributed by atoms with Crippen molar-refractivity contribution in [3.63, 3.8) is 0 Å². The van der Waals surface area contributed by atoms with Crippen molar-refractivity contribution in [1.29, 1.82) is 0 Å². The smallest absolute Gasteiger partial charge is 0.244 e. The van der Waals surface area contributed by atoms with Gasteiger partial charge in [0.05, 0.1) is 17.6 Å². The summed E-state index contributed by atoms with van der Waals surface area (Å²) in [7, 11) is -7.36. The zero-order valence-electron chi connectivity index (χ0n) is 7.75. The Morgan fingerprint density at radius 1 is 1.47 bits per heavy atom. The van der Waals surface area contributed by atoms with Gasteiger partial charge in [0, 0.05) is 0 Å². The highest BCUT2D eigenvalue weighted by molar-refractivity contribution is 7.91. The van der Waals surface area contributed by atoms with E-state index in [1.807, 2.05) is 5.92 Å². The third kappa shape index (κ3) is 4.17. The molecule has 1 unspecified atom stereocenters. The van der Waals surface area contributed by atoms with Crippen LogP contribution in [0.4, 0.5) is 0 Å². The Bertz CT molecular complexity index is 454. The molecule has 1 saturated heterocycles. The Hall–Kier alpha value is -0.620. The highest BCUT2D eigenvalue weighted by atomic mass is 32.3. The molecule has 0 amide bonds. The predicted octanol–water partition coefficient (Wildman–Crippen LogP) is -0.915. The first kappa shape index (κ1) is 12.4. The van der Waals surface area contributed by atoms with Gasteiger partial charge in [-0.25, -0.2) is 16.8 Å². The summed E-state index contributed by atoms with van der Waals surface area (Å²) in [4.78, 5) is 0. The average molecular weight is 254 g/mol. The first-order valence-electron chi connectivity index (χ1n) is 4.06. The normalized spacial score (nSPS) is 24.9. The average Bonchev–Trinajstić information content (AvgIpc) is 2.41. The predicted molar refractivity (Wildman–Crippen MR) is 51.8 cm³/mol. The minimum atomic E-state index is -4.18. The van der Waals surface area contributed by atoms with Crippen molar-refractivity contribution in [2.24, 2.45) is 0 Å². The summed E-state index contributed by atoms with van der Waals surface area (Å²) in [6.07, 6.45) is 4.09. The molecule has 1 rings (SSSR count). The van der Waals surface area contributed by atoms with Crippen molar-refractivity contribution in [2.45, 2.75) is 12.5 Å². The van der Waals surface area contributed by atoms with E-state index in [1.165, 1.54) is 0 Å². The van der Waals surface area contributed by atoms with Crippen molar-refractivity contribution < 1.29 is 25.2 Å². The van der Waals surface area contributed by atoms with Crippen molar-refractivity contribution in [3.8, 4) is 12.3 Å². The van der Waals surface area contributed by atoms with E-state index in [-0.39, 0.29) is 17.9 Å². The molecule has 0 N–H and O–H groups in total. The second-order valence-electron chi connectivity index (χ2n) is 3.00. The summed E-state index contributed by atoms with van der Waals surface area (Å²) in [6, 6.07) is 0. The lowest BCUT2D eigenvalue weighted by atomic mass is 10.3. The van der Waals surface area contributed by atoms with Crippen molar-refractivity contribution in [3.05, 3.63) is 0 Å². The summed E-state index contributed by atoms with van der Waals surface area (Å²) in [5.41, 5.74) is 0. The number of sulfone groups is 1. The minimum absolute atomic E-state index is 0.0671. The maximum absolute atomic E-state index is 11.0. The van der Waals surface area contributed by atoms with Crippen molar-refractivity contribution in [1.82, 2.24) is 0 Å². The van der Waals surface area contributed by atoms with Crippen LogP contribution in [-0.4, -0.2) is 41.1 Å². The number of hydrogen-bond donors (Lipinski definition) is 0. The van der Waals surface area contributed by atoms with Crippen molar-refractivity contribution >= 4 is 20.2 Å². The molecule has 0 radical (unpaired) electrons. The second-order valence-corrected chi connectivity index (χ2v) is 6.47. The maximum Gasteiger partial charge on any atom is 0.401 e. The van der Waals surface area contributed by atoms with Crippen LogP contribution in [0.15, 0.2) is 0 Å². The molecule has 0 spiro atoms. The van der Waals surface area contributed by atoms with Crippen LogP contribution >= 0.6 is 0 Å². The minimum Gasteiger partial charge on any atom is -0.244 e. The van der Waals surface area contributed by atoms with Gasteiger partial charge in [-0.05, 0) is 6.42 Å². The lowest BCUT2D eigenvalue weighted by Crippen LogP contribution is -2.21. The van der Waals surface area contributed by atoms with Gasteiger partial charge in [0.25, 0.3) is 0 Å². The quantitative estimate of drug-likeness (QED) is 0.603. The summed E-state index contributed by atoms with van der Waals surface area (Å²) in [5, 5.41) is 0. The molecule has 8 heteroatoms. The summed E-state index contributed by atoms with van der Waals surface area (Å²) >= 11 is 0. The monoisotopic (exact) mass is 254 g/mol. The van der Waals surface area contributed by atoms with Gasteiger partial charge in [0.15, 0.2) is 9.84 Å². The molecular weight excluding hydrogens is 244 g/mol. The van der Waals surface area contributed by atoms with Crippen LogP contribution in [0.25, 0.3) is 0 Å². The fourth-order valence-corrected chi connectivity index (χ4v) is 3.58. The van der Waals surface area contributed by atoms with Crippen LogP contribution < -0.4 is 0 Å². The number of hydrogen-bond acceptors (Lipinski definition) is 6. The van der Waals surface area contributed by atoms with E-state index in [4.69, 9.17) is 6.42 Å². The summed E-state index contributed by atoms with van der Waals surface area (Å²) < 4.78 is 52.8. The Morgan fingerprint density at radius 2 is 2.13 bits per heavy atom. The molecule has 1 heterocycles. The molecule has 1 atom stereocenters. The standard InChI is InChI=1S/C7H10O6S2/c1-2-4-12-15(10,11)13-7-3-5-14(8,9)6-7/h1,7H,3-6H2. The van der Waals surface area contributed by atoms with Gasteiger partial charge in [-0.2, -0.15) is 8.42 Å². The SMILES string of the molecule is C#CCOS(=O)(=O)OC1CCS(=O)(=O)C1. The Kier molecular flexibility index (Phi) is 3.72. The Labute approximate surface area is 88.8 Å². The molecule has 0 saturated carbocycles. The van der Waals surface area contributed by atoms with Gasteiger partial charge >= 0.3 is 10.4 Å². The largest absolute Gasteiger partial charge is 0.401 e. The third-order valence-corrected chi connectivity index (χ3v) is 4.38.